The summed E-state index contributed by atoms with van der Waals surface area (Å²) in [5.41, 5.74) is 0.673. The van der Waals surface area contributed by atoms with Crippen molar-refractivity contribution in [3.8, 4) is 0 Å². The summed E-state index contributed by atoms with van der Waals surface area (Å²) in [4.78, 5) is 37.2. The Morgan fingerprint density at radius 3 is 2.43 bits per heavy atom. The Labute approximate surface area is 211 Å². The second-order valence-electron chi connectivity index (χ2n) is 8.26. The highest BCUT2D eigenvalue weighted by Gasteiger charge is 2.47. The lowest BCUT2D eigenvalue weighted by Crippen LogP contribution is -2.42. The summed E-state index contributed by atoms with van der Waals surface area (Å²) in [6.45, 7) is 2.03. The number of amides is 3. The van der Waals surface area contributed by atoms with Gasteiger partial charge in [-0.05, 0) is 31.2 Å². The molecule has 5 N–H and O–H groups in total. The third-order valence-electron chi connectivity index (χ3n) is 5.60. The molecule has 0 bridgehead atoms. The number of imidazole rings is 1. The minimum Gasteiger partial charge on any atom is -0.387 e. The molecule has 37 heavy (non-hydrogen) atoms. The van der Waals surface area contributed by atoms with Crippen LogP contribution >= 0.6 is 0 Å². The quantitative estimate of drug-likeness (QED) is 0.262. The highest BCUT2D eigenvalue weighted by atomic mass is 32.2. The molecule has 0 unspecified atom stereocenters. The topological polar surface area (TPSA) is 201 Å². The largest absolute Gasteiger partial charge is 0.387 e. The van der Waals surface area contributed by atoms with Gasteiger partial charge in [0.15, 0.2) is 29.3 Å². The van der Waals surface area contributed by atoms with Gasteiger partial charge in [0, 0.05) is 26.3 Å². The number of aliphatic hydroxyl groups is 2. The summed E-state index contributed by atoms with van der Waals surface area (Å²) in [5, 5.41) is 28.4. The number of hydrogen-bond donors (Lipinski definition) is 5. The zero-order valence-electron chi connectivity index (χ0n) is 20.1. The predicted octanol–water partition coefficient (Wildman–Crippen LogP) is -0.524. The number of carbonyl (C=O) groups is 2. The standard InChI is InChI=1S/C21H26N8O7S/c1-4-22-19(32)16-14(30)15(31)20(36-16)29-10-25-13-17(23-9-24-18(13)29)27-21(33)26-11-5-7-12(8-6-11)37(34,35)28(2)3/h5-10,14-16,20,30-31H,4H2,1-3H3,(H,22,32)(H2,23,24,26,27,33)/t14-,15+,16-,20+/m0/s1. The van der Waals surface area contributed by atoms with Gasteiger partial charge < -0.3 is 25.6 Å². The highest BCUT2D eigenvalue weighted by molar-refractivity contribution is 7.89. The van der Waals surface area contributed by atoms with Crippen LogP contribution in [-0.4, -0.2) is 93.3 Å². The summed E-state index contributed by atoms with van der Waals surface area (Å²) in [6.07, 6.45) is -2.93. The number of hydrogen-bond acceptors (Lipinski definition) is 10. The zero-order chi connectivity index (χ0) is 26.9. The third-order valence-corrected chi connectivity index (χ3v) is 7.43. The average molecular weight is 535 g/mol. The third kappa shape index (κ3) is 5.09. The van der Waals surface area contributed by atoms with Gasteiger partial charge in [-0.15, -0.1) is 0 Å². The number of nitrogens with one attached hydrogen (secondary N) is 3. The Balaban J connectivity index is 1.50. The van der Waals surface area contributed by atoms with Crippen LogP contribution in [0.4, 0.5) is 16.3 Å². The van der Waals surface area contributed by atoms with Crippen LogP contribution in [0.1, 0.15) is 13.2 Å². The Hall–Kier alpha value is -3.70. The Morgan fingerprint density at radius 1 is 1.08 bits per heavy atom. The fraction of sp³-hybridized carbons (Fsp3) is 0.381. The second kappa shape index (κ2) is 10.3. The number of fused-ring (bicyclic) bond motifs is 1. The molecule has 0 saturated carbocycles. The van der Waals surface area contributed by atoms with Crippen molar-refractivity contribution in [2.45, 2.75) is 36.4 Å². The number of anilines is 2. The molecule has 4 atom stereocenters. The van der Waals surface area contributed by atoms with E-state index in [-0.39, 0.29) is 21.9 Å². The van der Waals surface area contributed by atoms with Gasteiger partial charge in [0.1, 0.15) is 18.5 Å². The second-order valence-corrected chi connectivity index (χ2v) is 10.4. The fourth-order valence-corrected chi connectivity index (χ4v) is 4.60. The van der Waals surface area contributed by atoms with Crippen LogP contribution in [0, 0.1) is 0 Å². The SMILES string of the molecule is CCNC(=O)[C@H]1O[C@@H](n2cnc3c(NC(=O)Nc4ccc(S(=O)(=O)N(C)C)cc4)ncnc32)[C@H](O)[C@@H]1O. The minimum atomic E-state index is -3.61. The lowest BCUT2D eigenvalue weighted by Gasteiger charge is -2.16. The maximum Gasteiger partial charge on any atom is 0.324 e. The first-order valence-corrected chi connectivity index (χ1v) is 12.6. The molecule has 3 amide bonds. The van der Waals surface area contributed by atoms with Crippen molar-refractivity contribution in [2.75, 3.05) is 31.3 Å². The number of sulfonamides is 1. The maximum absolute atomic E-state index is 12.6. The van der Waals surface area contributed by atoms with E-state index in [0.717, 1.165) is 10.6 Å². The molecular weight excluding hydrogens is 508 g/mol. The fourth-order valence-electron chi connectivity index (χ4n) is 3.70. The van der Waals surface area contributed by atoms with Crippen LogP contribution in [-0.2, 0) is 19.6 Å². The molecule has 1 fully saturated rings. The van der Waals surface area contributed by atoms with Gasteiger partial charge in [0.05, 0.1) is 11.2 Å². The van der Waals surface area contributed by atoms with Crippen molar-refractivity contribution in [1.29, 1.82) is 0 Å². The molecular formula is C21H26N8O7S. The average Bonchev–Trinajstić information content (AvgIpc) is 3.41. The number of nitrogens with zero attached hydrogens (tertiary/aromatic N) is 5. The Kier molecular flexibility index (Phi) is 7.37. The molecule has 198 valence electrons. The van der Waals surface area contributed by atoms with Gasteiger partial charge in [-0.25, -0.2) is 32.5 Å². The van der Waals surface area contributed by atoms with Crippen molar-refractivity contribution >= 4 is 44.6 Å². The van der Waals surface area contributed by atoms with Crippen molar-refractivity contribution in [3.63, 3.8) is 0 Å². The van der Waals surface area contributed by atoms with E-state index in [2.05, 4.69) is 30.9 Å². The number of carbonyl (C=O) groups excluding carboxylic acids is 2. The number of rotatable bonds is 7. The first kappa shape index (κ1) is 26.4. The lowest BCUT2D eigenvalue weighted by molar-refractivity contribution is -0.137. The Bertz CT molecular complexity index is 1410. The smallest absolute Gasteiger partial charge is 0.324 e. The summed E-state index contributed by atoms with van der Waals surface area (Å²) in [6, 6.07) is 4.93. The minimum absolute atomic E-state index is 0.0429. The number of benzene rings is 1. The van der Waals surface area contributed by atoms with Gasteiger partial charge in [-0.2, -0.15) is 0 Å². The van der Waals surface area contributed by atoms with Gasteiger partial charge in [-0.1, -0.05) is 0 Å². The van der Waals surface area contributed by atoms with Crippen molar-refractivity contribution in [1.82, 2.24) is 29.1 Å². The van der Waals surface area contributed by atoms with Crippen LogP contribution in [0.3, 0.4) is 0 Å². The monoisotopic (exact) mass is 534 g/mol. The number of aromatic nitrogens is 4. The van der Waals surface area contributed by atoms with Crippen LogP contribution < -0.4 is 16.0 Å². The van der Waals surface area contributed by atoms with E-state index in [1.54, 1.807) is 6.92 Å². The van der Waals surface area contributed by atoms with E-state index in [1.807, 2.05) is 0 Å². The van der Waals surface area contributed by atoms with Crippen molar-refractivity contribution < 1.29 is 33.0 Å². The molecule has 1 aromatic carbocycles. The van der Waals surface area contributed by atoms with Crippen molar-refractivity contribution in [2.24, 2.45) is 0 Å². The van der Waals surface area contributed by atoms with E-state index in [0.29, 0.717) is 12.2 Å². The summed E-state index contributed by atoms with van der Waals surface area (Å²) in [7, 11) is -0.770. The number of likely N-dealkylation sites (N-methyl/N-ethyl adjacent to an activating group) is 1. The first-order chi connectivity index (χ1) is 17.5. The van der Waals surface area contributed by atoms with E-state index in [4.69, 9.17) is 4.74 Å². The first-order valence-electron chi connectivity index (χ1n) is 11.1. The van der Waals surface area contributed by atoms with Gasteiger partial charge in [0.25, 0.3) is 5.91 Å². The van der Waals surface area contributed by atoms with Crippen LogP contribution in [0.25, 0.3) is 11.2 Å². The zero-order valence-corrected chi connectivity index (χ0v) is 20.9. The van der Waals surface area contributed by atoms with Gasteiger partial charge in [-0.3, -0.25) is 14.7 Å². The van der Waals surface area contributed by atoms with Gasteiger partial charge in [0.2, 0.25) is 10.0 Å². The van der Waals surface area contributed by atoms with E-state index >= 15 is 0 Å². The van der Waals surface area contributed by atoms with Crippen LogP contribution in [0.15, 0.2) is 41.8 Å². The van der Waals surface area contributed by atoms with Gasteiger partial charge >= 0.3 is 6.03 Å². The molecule has 4 rings (SSSR count). The highest BCUT2D eigenvalue weighted by Crippen LogP contribution is 2.32. The Morgan fingerprint density at radius 2 is 1.78 bits per heavy atom. The summed E-state index contributed by atoms with van der Waals surface area (Å²) in [5.74, 6) is -0.525. The molecule has 0 aliphatic carbocycles. The molecule has 1 aliphatic rings. The number of ether oxygens (including phenoxy) is 1. The summed E-state index contributed by atoms with van der Waals surface area (Å²) >= 11 is 0. The molecule has 16 heteroatoms. The molecule has 2 aromatic heterocycles. The van der Waals surface area contributed by atoms with Crippen LogP contribution in [0.2, 0.25) is 0 Å². The van der Waals surface area contributed by atoms with E-state index in [1.165, 1.54) is 49.3 Å². The molecule has 15 nitrogen and oxygen atoms in total. The molecule has 0 spiro atoms. The molecule has 3 aromatic rings. The number of urea groups is 1. The molecule has 1 saturated heterocycles. The lowest BCUT2D eigenvalue weighted by atomic mass is 10.1. The number of aliphatic hydroxyl groups excluding tert-OH is 2. The normalized spacial score (nSPS) is 21.8. The maximum atomic E-state index is 12.6. The molecule has 0 radical (unpaired) electrons. The predicted molar refractivity (Wildman–Crippen MR) is 130 cm³/mol. The van der Waals surface area contributed by atoms with E-state index < -0.39 is 46.5 Å². The van der Waals surface area contributed by atoms with Crippen LogP contribution in [0.5, 0.6) is 0 Å². The summed E-state index contributed by atoms with van der Waals surface area (Å²) < 4.78 is 32.4. The molecule has 3 heterocycles. The van der Waals surface area contributed by atoms with E-state index in [9.17, 15) is 28.2 Å². The molecule has 1 aliphatic heterocycles. The van der Waals surface area contributed by atoms with Crippen molar-refractivity contribution in [3.05, 3.63) is 36.9 Å².